The Hall–Kier alpha value is -1.03. The first-order chi connectivity index (χ1) is 6.22. The van der Waals surface area contributed by atoms with Gasteiger partial charge in [0.05, 0.1) is 7.11 Å². The summed E-state index contributed by atoms with van der Waals surface area (Å²) in [6.07, 6.45) is 2.37. The number of carboxylic acid groups (broad SMARTS) is 1. The molecule has 4 heteroatoms. The summed E-state index contributed by atoms with van der Waals surface area (Å²) in [4.78, 5) is 11.9. The van der Waals surface area contributed by atoms with E-state index in [1.54, 1.807) is 6.07 Å². The molecule has 1 aromatic heterocycles. The summed E-state index contributed by atoms with van der Waals surface area (Å²) in [7, 11) is 1.51. The third kappa shape index (κ3) is 1.54. The molecule has 1 N–H and O–H groups in total. The summed E-state index contributed by atoms with van der Waals surface area (Å²) in [5.41, 5.74) is 0.300. The van der Waals surface area contributed by atoms with Gasteiger partial charge in [-0.2, -0.15) is 0 Å². The van der Waals surface area contributed by atoms with E-state index < -0.39 is 5.97 Å². The highest BCUT2D eigenvalue weighted by molar-refractivity contribution is 7.14. The second kappa shape index (κ2) is 3.03. The maximum atomic E-state index is 10.8. The van der Waals surface area contributed by atoms with Crippen LogP contribution < -0.4 is 4.74 Å². The molecule has 13 heavy (non-hydrogen) atoms. The topological polar surface area (TPSA) is 46.5 Å². The number of carbonyl (C=O) groups is 1. The Morgan fingerprint density at radius 2 is 2.38 bits per heavy atom. The van der Waals surface area contributed by atoms with Gasteiger partial charge < -0.3 is 9.84 Å². The van der Waals surface area contributed by atoms with E-state index >= 15 is 0 Å². The first kappa shape index (κ1) is 8.56. The number of thiophene rings is 1. The average Bonchev–Trinajstić information content (AvgIpc) is 2.84. The lowest BCUT2D eigenvalue weighted by molar-refractivity contribution is 0.0694. The van der Waals surface area contributed by atoms with Gasteiger partial charge >= 0.3 is 5.97 Å². The zero-order valence-electron chi connectivity index (χ0n) is 7.24. The molecule has 0 saturated heterocycles. The molecule has 0 radical (unpaired) electrons. The molecule has 1 aromatic rings. The lowest BCUT2D eigenvalue weighted by atomic mass is 10.2. The minimum absolute atomic E-state index is 0.300. The number of rotatable bonds is 3. The molecule has 1 saturated carbocycles. The van der Waals surface area contributed by atoms with Crippen LogP contribution >= 0.6 is 11.3 Å². The second-order valence-electron chi connectivity index (χ2n) is 3.13. The van der Waals surface area contributed by atoms with Crippen LogP contribution in [-0.4, -0.2) is 18.2 Å². The standard InChI is InChI=1S/C9H10O3S/c1-12-9-6(8(10)11)4-7(13-9)5-2-3-5/h4-5H,2-3H2,1H3,(H,10,11). The summed E-state index contributed by atoms with van der Waals surface area (Å²) in [5, 5.41) is 9.36. The molecular formula is C9H10O3S. The first-order valence-corrected chi connectivity index (χ1v) is 4.95. The third-order valence-corrected chi connectivity index (χ3v) is 3.37. The number of hydrogen-bond acceptors (Lipinski definition) is 3. The van der Waals surface area contributed by atoms with E-state index in [4.69, 9.17) is 9.84 Å². The van der Waals surface area contributed by atoms with Gasteiger partial charge in [0.25, 0.3) is 0 Å². The summed E-state index contributed by atoms with van der Waals surface area (Å²) in [6.45, 7) is 0. The minimum Gasteiger partial charge on any atom is -0.487 e. The summed E-state index contributed by atoms with van der Waals surface area (Å²) >= 11 is 1.46. The molecule has 1 aliphatic carbocycles. The molecule has 0 atom stereocenters. The van der Waals surface area contributed by atoms with Crippen molar-refractivity contribution in [2.75, 3.05) is 7.11 Å². The maximum Gasteiger partial charge on any atom is 0.340 e. The van der Waals surface area contributed by atoms with Gasteiger partial charge in [0.2, 0.25) is 0 Å². The lowest BCUT2D eigenvalue weighted by Gasteiger charge is -1.94. The predicted molar refractivity (Wildman–Crippen MR) is 49.8 cm³/mol. The number of hydrogen-bond donors (Lipinski definition) is 1. The Bertz CT molecular complexity index is 339. The van der Waals surface area contributed by atoms with Gasteiger partial charge in [-0.05, 0) is 24.8 Å². The van der Waals surface area contributed by atoms with Crippen molar-refractivity contribution in [2.24, 2.45) is 0 Å². The van der Waals surface area contributed by atoms with Crippen molar-refractivity contribution in [3.05, 3.63) is 16.5 Å². The Labute approximate surface area is 80.0 Å². The van der Waals surface area contributed by atoms with E-state index in [0.29, 0.717) is 16.5 Å². The molecule has 70 valence electrons. The zero-order valence-corrected chi connectivity index (χ0v) is 8.06. The maximum absolute atomic E-state index is 10.8. The van der Waals surface area contributed by atoms with Gasteiger partial charge in [-0.3, -0.25) is 0 Å². The van der Waals surface area contributed by atoms with Crippen molar-refractivity contribution in [3.8, 4) is 5.06 Å². The van der Waals surface area contributed by atoms with E-state index in [-0.39, 0.29) is 0 Å². The third-order valence-electron chi connectivity index (χ3n) is 2.11. The van der Waals surface area contributed by atoms with Gasteiger partial charge in [-0.15, -0.1) is 11.3 Å². The second-order valence-corrected chi connectivity index (χ2v) is 4.18. The summed E-state index contributed by atoms with van der Waals surface area (Å²) in [6, 6.07) is 1.74. The SMILES string of the molecule is COc1sc(C2CC2)cc1C(=O)O. The molecule has 0 aliphatic heterocycles. The van der Waals surface area contributed by atoms with Gasteiger partial charge in [0.1, 0.15) is 5.56 Å². The van der Waals surface area contributed by atoms with E-state index in [2.05, 4.69) is 0 Å². The number of carboxylic acids is 1. The van der Waals surface area contributed by atoms with Crippen molar-refractivity contribution in [3.63, 3.8) is 0 Å². The molecule has 0 unspecified atom stereocenters. The largest absolute Gasteiger partial charge is 0.487 e. The molecule has 0 bridgehead atoms. The van der Waals surface area contributed by atoms with Crippen LogP contribution in [0.25, 0.3) is 0 Å². The average molecular weight is 198 g/mol. The molecular weight excluding hydrogens is 188 g/mol. The smallest absolute Gasteiger partial charge is 0.340 e. The van der Waals surface area contributed by atoms with Crippen LogP contribution in [0.5, 0.6) is 5.06 Å². The van der Waals surface area contributed by atoms with E-state index in [0.717, 1.165) is 4.88 Å². The van der Waals surface area contributed by atoms with Crippen LogP contribution in [0.1, 0.15) is 34.0 Å². The highest BCUT2D eigenvalue weighted by atomic mass is 32.1. The number of methoxy groups -OCH3 is 1. The van der Waals surface area contributed by atoms with Crippen LogP contribution in [0.2, 0.25) is 0 Å². The molecule has 2 rings (SSSR count). The fraction of sp³-hybridized carbons (Fsp3) is 0.444. The van der Waals surface area contributed by atoms with Crippen molar-refractivity contribution < 1.29 is 14.6 Å². The van der Waals surface area contributed by atoms with E-state index in [9.17, 15) is 4.79 Å². The van der Waals surface area contributed by atoms with Gasteiger partial charge in [0.15, 0.2) is 5.06 Å². The fourth-order valence-electron chi connectivity index (χ4n) is 1.26. The quantitative estimate of drug-likeness (QED) is 0.810. The van der Waals surface area contributed by atoms with Crippen LogP contribution in [0.15, 0.2) is 6.07 Å². The van der Waals surface area contributed by atoms with Gasteiger partial charge in [0, 0.05) is 4.88 Å². The highest BCUT2D eigenvalue weighted by Crippen LogP contribution is 2.46. The molecule has 0 spiro atoms. The van der Waals surface area contributed by atoms with Gasteiger partial charge in [-0.25, -0.2) is 4.79 Å². The van der Waals surface area contributed by atoms with E-state index in [1.807, 2.05) is 0 Å². The van der Waals surface area contributed by atoms with Crippen molar-refractivity contribution in [2.45, 2.75) is 18.8 Å². The Kier molecular flexibility index (Phi) is 2.00. The Morgan fingerprint density at radius 3 is 2.77 bits per heavy atom. The van der Waals surface area contributed by atoms with Crippen molar-refractivity contribution in [1.82, 2.24) is 0 Å². The highest BCUT2D eigenvalue weighted by Gasteiger charge is 2.28. The summed E-state index contributed by atoms with van der Waals surface area (Å²) < 4.78 is 5.00. The van der Waals surface area contributed by atoms with E-state index in [1.165, 1.54) is 31.3 Å². The van der Waals surface area contributed by atoms with Crippen LogP contribution in [0, 0.1) is 0 Å². The number of ether oxygens (including phenoxy) is 1. The normalized spacial score (nSPS) is 15.8. The van der Waals surface area contributed by atoms with Crippen LogP contribution in [0.4, 0.5) is 0 Å². The first-order valence-electron chi connectivity index (χ1n) is 4.13. The van der Waals surface area contributed by atoms with Crippen LogP contribution in [-0.2, 0) is 0 Å². The molecule has 1 heterocycles. The van der Waals surface area contributed by atoms with Gasteiger partial charge in [-0.1, -0.05) is 0 Å². The molecule has 1 fully saturated rings. The van der Waals surface area contributed by atoms with Crippen LogP contribution in [0.3, 0.4) is 0 Å². The number of aromatic carboxylic acids is 1. The monoisotopic (exact) mass is 198 g/mol. The Morgan fingerprint density at radius 1 is 1.69 bits per heavy atom. The fourth-order valence-corrected chi connectivity index (χ4v) is 2.40. The molecule has 1 aliphatic rings. The van der Waals surface area contributed by atoms with Crippen molar-refractivity contribution >= 4 is 17.3 Å². The summed E-state index contributed by atoms with van der Waals surface area (Å²) in [5.74, 6) is -0.313. The lowest BCUT2D eigenvalue weighted by Crippen LogP contribution is -1.95. The zero-order chi connectivity index (χ0) is 9.42. The molecule has 0 amide bonds. The molecule has 3 nitrogen and oxygen atoms in total. The Balaban J connectivity index is 2.36. The minimum atomic E-state index is -0.903. The molecule has 0 aromatic carbocycles. The predicted octanol–water partition coefficient (Wildman–Crippen LogP) is 2.33. The van der Waals surface area contributed by atoms with Crippen molar-refractivity contribution in [1.29, 1.82) is 0 Å².